The van der Waals surface area contributed by atoms with Crippen molar-refractivity contribution in [1.82, 2.24) is 5.32 Å². The monoisotopic (exact) mass is 273 g/mol. The first-order valence-electron chi connectivity index (χ1n) is 5.89. The summed E-state index contributed by atoms with van der Waals surface area (Å²) in [6.07, 6.45) is 1.15. The summed E-state index contributed by atoms with van der Waals surface area (Å²) in [5.41, 5.74) is 1.27. The second kappa shape index (κ2) is 8.81. The van der Waals surface area contributed by atoms with Gasteiger partial charge in [-0.3, -0.25) is 0 Å². The van der Waals surface area contributed by atoms with Gasteiger partial charge in [-0.15, -0.1) is 11.8 Å². The van der Waals surface area contributed by atoms with Gasteiger partial charge in [0.2, 0.25) is 0 Å². The van der Waals surface area contributed by atoms with Crippen molar-refractivity contribution in [2.45, 2.75) is 24.8 Å². The fourth-order valence-corrected chi connectivity index (χ4v) is 2.82. The molecule has 4 heteroatoms. The van der Waals surface area contributed by atoms with Crippen molar-refractivity contribution in [1.29, 1.82) is 0 Å². The molecule has 0 radical (unpaired) electrons. The first kappa shape index (κ1) is 14.8. The molecular weight excluding hydrogens is 254 g/mol. The lowest BCUT2D eigenvalue weighted by Gasteiger charge is -2.11. The smallest absolute Gasteiger partial charge is 0.0556 e. The van der Waals surface area contributed by atoms with Gasteiger partial charge in [0.25, 0.3) is 0 Å². The highest BCUT2D eigenvalue weighted by atomic mass is 35.5. The van der Waals surface area contributed by atoms with Crippen LogP contribution < -0.4 is 5.32 Å². The molecule has 0 aromatic heterocycles. The Morgan fingerprint density at radius 2 is 2.24 bits per heavy atom. The number of hydrogen-bond acceptors (Lipinski definition) is 3. The Kier molecular flexibility index (Phi) is 7.69. The highest BCUT2D eigenvalue weighted by Gasteiger charge is 2.07. The summed E-state index contributed by atoms with van der Waals surface area (Å²) < 4.78 is 5.06. The zero-order valence-electron chi connectivity index (χ0n) is 10.5. The van der Waals surface area contributed by atoms with Gasteiger partial charge in [-0.25, -0.2) is 0 Å². The topological polar surface area (TPSA) is 21.3 Å². The number of ether oxygens (including phenoxy) is 1. The Morgan fingerprint density at radius 3 is 2.94 bits per heavy atom. The normalized spacial score (nSPS) is 10.8. The van der Waals surface area contributed by atoms with Crippen LogP contribution in [0, 0.1) is 0 Å². The predicted octanol–water partition coefficient (Wildman–Crippen LogP) is 3.58. The summed E-state index contributed by atoms with van der Waals surface area (Å²) in [6, 6.07) is 6.08. The number of methoxy groups -OCH3 is 1. The Hall–Kier alpha value is -0.220. The van der Waals surface area contributed by atoms with Gasteiger partial charge in [0, 0.05) is 24.3 Å². The third-order valence-electron chi connectivity index (χ3n) is 2.32. The fraction of sp³-hybridized carbons (Fsp3) is 0.538. The summed E-state index contributed by atoms with van der Waals surface area (Å²) in [5, 5.41) is 4.24. The first-order valence-corrected chi connectivity index (χ1v) is 7.25. The number of hydrogen-bond donors (Lipinski definition) is 1. The predicted molar refractivity (Wildman–Crippen MR) is 76.0 cm³/mol. The van der Waals surface area contributed by atoms with Gasteiger partial charge in [-0.1, -0.05) is 30.7 Å². The maximum atomic E-state index is 6.23. The Labute approximate surface area is 113 Å². The quantitative estimate of drug-likeness (QED) is 0.578. The van der Waals surface area contributed by atoms with Crippen LogP contribution in [0.3, 0.4) is 0 Å². The minimum absolute atomic E-state index is 0.748. The summed E-state index contributed by atoms with van der Waals surface area (Å²) in [4.78, 5) is 1.18. The molecule has 0 aliphatic rings. The van der Waals surface area contributed by atoms with Crippen molar-refractivity contribution in [3.05, 3.63) is 28.8 Å². The van der Waals surface area contributed by atoms with Crippen molar-refractivity contribution in [2.75, 3.05) is 26.0 Å². The van der Waals surface area contributed by atoms with E-state index in [2.05, 4.69) is 18.3 Å². The van der Waals surface area contributed by atoms with Gasteiger partial charge >= 0.3 is 0 Å². The molecular formula is C13H20ClNOS. The number of thioether (sulfide) groups is 1. The maximum Gasteiger partial charge on any atom is 0.0556 e. The molecule has 0 aliphatic carbocycles. The third kappa shape index (κ3) is 5.30. The second-order valence-corrected chi connectivity index (χ2v) is 5.26. The molecule has 0 heterocycles. The first-order chi connectivity index (χ1) is 8.29. The van der Waals surface area contributed by atoms with Gasteiger partial charge in [-0.05, 0) is 24.6 Å². The minimum atomic E-state index is 0.748. The molecule has 0 saturated heterocycles. The lowest BCUT2D eigenvalue weighted by molar-refractivity contribution is 0.218. The summed E-state index contributed by atoms with van der Waals surface area (Å²) in [6.45, 7) is 4.83. The van der Waals surface area contributed by atoms with Crippen LogP contribution in [-0.4, -0.2) is 26.0 Å². The molecule has 0 saturated carbocycles. The van der Waals surface area contributed by atoms with Crippen LogP contribution in [0.25, 0.3) is 0 Å². The Balaban J connectivity index is 2.63. The van der Waals surface area contributed by atoms with E-state index in [1.54, 1.807) is 18.9 Å². The van der Waals surface area contributed by atoms with Crippen LogP contribution in [0.1, 0.15) is 18.9 Å². The zero-order chi connectivity index (χ0) is 12.5. The summed E-state index contributed by atoms with van der Waals surface area (Å²) >= 11 is 7.99. The molecule has 1 N–H and O–H groups in total. The maximum absolute atomic E-state index is 6.23. The molecule has 1 aromatic rings. The van der Waals surface area contributed by atoms with E-state index in [0.29, 0.717) is 0 Å². The minimum Gasteiger partial charge on any atom is -0.384 e. The van der Waals surface area contributed by atoms with Gasteiger partial charge in [0.05, 0.1) is 11.6 Å². The molecule has 0 atom stereocenters. The number of rotatable bonds is 8. The van der Waals surface area contributed by atoms with Gasteiger partial charge in [-0.2, -0.15) is 0 Å². The molecule has 1 rings (SSSR count). The van der Waals surface area contributed by atoms with E-state index < -0.39 is 0 Å². The van der Waals surface area contributed by atoms with Crippen LogP contribution in [0.15, 0.2) is 23.1 Å². The van der Waals surface area contributed by atoms with Crippen LogP contribution in [0.4, 0.5) is 0 Å². The molecule has 96 valence electrons. The number of halogens is 1. The van der Waals surface area contributed by atoms with E-state index in [1.165, 1.54) is 10.5 Å². The van der Waals surface area contributed by atoms with Crippen molar-refractivity contribution in [3.63, 3.8) is 0 Å². The van der Waals surface area contributed by atoms with Crippen molar-refractivity contribution >= 4 is 23.4 Å². The van der Waals surface area contributed by atoms with E-state index in [9.17, 15) is 0 Å². The van der Waals surface area contributed by atoms with Crippen molar-refractivity contribution in [3.8, 4) is 0 Å². The standard InChI is InChI=1S/C13H20ClNOS/c1-3-7-15-10-11-5-4-6-12(14)13(11)17-9-8-16-2/h4-6,15H,3,7-10H2,1-2H3. The fourth-order valence-electron chi connectivity index (χ4n) is 1.48. The number of nitrogens with one attached hydrogen (secondary N) is 1. The summed E-state index contributed by atoms with van der Waals surface area (Å²) in [7, 11) is 1.72. The lowest BCUT2D eigenvalue weighted by atomic mass is 10.2. The Morgan fingerprint density at radius 1 is 1.41 bits per heavy atom. The van der Waals surface area contributed by atoms with E-state index in [4.69, 9.17) is 16.3 Å². The second-order valence-electron chi connectivity index (χ2n) is 3.75. The molecule has 17 heavy (non-hydrogen) atoms. The molecule has 0 amide bonds. The molecule has 1 aromatic carbocycles. The van der Waals surface area contributed by atoms with Crippen molar-refractivity contribution < 1.29 is 4.74 Å². The zero-order valence-corrected chi connectivity index (χ0v) is 12.0. The van der Waals surface area contributed by atoms with Crippen LogP contribution in [0.2, 0.25) is 5.02 Å². The number of benzene rings is 1. The van der Waals surface area contributed by atoms with Gasteiger partial charge < -0.3 is 10.1 Å². The molecule has 0 spiro atoms. The summed E-state index contributed by atoms with van der Waals surface area (Å²) in [5.74, 6) is 0.932. The average Bonchev–Trinajstić information content (AvgIpc) is 2.33. The lowest BCUT2D eigenvalue weighted by Crippen LogP contribution is -2.14. The highest BCUT2D eigenvalue weighted by molar-refractivity contribution is 7.99. The SMILES string of the molecule is CCCNCc1cccc(Cl)c1SCCOC. The van der Waals surface area contributed by atoms with Crippen molar-refractivity contribution in [2.24, 2.45) is 0 Å². The van der Waals surface area contributed by atoms with Gasteiger partial charge in [0.15, 0.2) is 0 Å². The van der Waals surface area contributed by atoms with Crippen LogP contribution in [-0.2, 0) is 11.3 Å². The average molecular weight is 274 g/mol. The molecule has 0 aliphatic heterocycles. The van der Waals surface area contributed by atoms with Crippen LogP contribution in [0.5, 0.6) is 0 Å². The molecule has 2 nitrogen and oxygen atoms in total. The van der Waals surface area contributed by atoms with Gasteiger partial charge in [0.1, 0.15) is 0 Å². The molecule has 0 unspecified atom stereocenters. The highest BCUT2D eigenvalue weighted by Crippen LogP contribution is 2.30. The van der Waals surface area contributed by atoms with E-state index in [1.807, 2.05) is 12.1 Å². The van der Waals surface area contributed by atoms with Crippen LogP contribution >= 0.6 is 23.4 Å². The third-order valence-corrected chi connectivity index (χ3v) is 3.89. The van der Waals surface area contributed by atoms with E-state index in [-0.39, 0.29) is 0 Å². The largest absolute Gasteiger partial charge is 0.384 e. The Bertz CT molecular complexity index is 333. The molecule has 0 fully saturated rings. The van der Waals surface area contributed by atoms with E-state index >= 15 is 0 Å². The van der Waals surface area contributed by atoms with E-state index in [0.717, 1.165) is 36.9 Å². The molecule has 0 bridgehead atoms.